The number of benzene rings is 2. The summed E-state index contributed by atoms with van der Waals surface area (Å²) in [5.74, 6) is 2.78. The Morgan fingerprint density at radius 3 is 2.29 bits per heavy atom. The maximum atomic E-state index is 13.3. The number of rotatable bonds is 5. The van der Waals surface area contributed by atoms with Crippen LogP contribution < -0.4 is 19.5 Å². The van der Waals surface area contributed by atoms with Gasteiger partial charge in [-0.15, -0.1) is 5.10 Å². The SMILES string of the molecule is COc1cc(-c2nc3n(n2)[C@H](c2ccccc2)C2=C(CC(C)(C)CC2=O)N3)cc(OC)c1OC. The monoisotopic (exact) mass is 460 g/mol. The Morgan fingerprint density at radius 2 is 1.68 bits per heavy atom. The molecule has 2 aromatic carbocycles. The van der Waals surface area contributed by atoms with Gasteiger partial charge in [-0.2, -0.15) is 4.98 Å². The Morgan fingerprint density at radius 1 is 1.00 bits per heavy atom. The van der Waals surface area contributed by atoms with Gasteiger partial charge < -0.3 is 19.5 Å². The highest BCUT2D eigenvalue weighted by atomic mass is 16.5. The van der Waals surface area contributed by atoms with Crippen molar-refractivity contribution in [3.05, 3.63) is 59.3 Å². The number of hydrogen-bond acceptors (Lipinski definition) is 7. The van der Waals surface area contributed by atoms with Crippen LogP contribution in [-0.2, 0) is 4.79 Å². The van der Waals surface area contributed by atoms with E-state index in [0.717, 1.165) is 28.8 Å². The molecule has 0 saturated heterocycles. The van der Waals surface area contributed by atoms with Crippen molar-refractivity contribution in [3.8, 4) is 28.6 Å². The van der Waals surface area contributed by atoms with Crippen molar-refractivity contribution < 1.29 is 19.0 Å². The molecule has 2 heterocycles. The second kappa shape index (κ2) is 8.20. The number of Topliss-reactive ketones (excluding diaryl/α,β-unsaturated/α-hetero) is 1. The number of nitrogens with one attached hydrogen (secondary N) is 1. The van der Waals surface area contributed by atoms with Crippen LogP contribution in [0.3, 0.4) is 0 Å². The number of ether oxygens (including phenoxy) is 3. The van der Waals surface area contributed by atoms with Gasteiger partial charge in [0.25, 0.3) is 0 Å². The van der Waals surface area contributed by atoms with Crippen molar-refractivity contribution in [3.63, 3.8) is 0 Å². The van der Waals surface area contributed by atoms with Crippen LogP contribution in [-0.4, -0.2) is 41.9 Å². The number of carbonyl (C=O) groups excluding carboxylic acids is 1. The number of ketones is 1. The minimum absolute atomic E-state index is 0.119. The summed E-state index contributed by atoms with van der Waals surface area (Å²) in [5.41, 5.74) is 3.28. The number of methoxy groups -OCH3 is 3. The van der Waals surface area contributed by atoms with Crippen molar-refractivity contribution in [2.75, 3.05) is 26.6 Å². The molecule has 34 heavy (non-hydrogen) atoms. The van der Waals surface area contributed by atoms with Gasteiger partial charge in [-0.25, -0.2) is 4.68 Å². The Kier molecular flexibility index (Phi) is 5.31. The van der Waals surface area contributed by atoms with E-state index in [4.69, 9.17) is 24.3 Å². The Labute approximate surface area is 198 Å². The summed E-state index contributed by atoms with van der Waals surface area (Å²) in [6.45, 7) is 4.24. The second-order valence-corrected chi connectivity index (χ2v) is 9.39. The normalized spacial score (nSPS) is 18.6. The minimum atomic E-state index is -0.348. The number of fused-ring (bicyclic) bond motifs is 1. The first-order chi connectivity index (χ1) is 16.3. The number of hydrogen-bond donors (Lipinski definition) is 1. The molecular formula is C26H28N4O4. The third-order valence-corrected chi connectivity index (χ3v) is 6.37. The van der Waals surface area contributed by atoms with Crippen molar-refractivity contribution in [1.82, 2.24) is 14.8 Å². The van der Waals surface area contributed by atoms with Crippen molar-refractivity contribution in [2.24, 2.45) is 5.41 Å². The van der Waals surface area contributed by atoms with Crippen molar-refractivity contribution in [2.45, 2.75) is 32.7 Å². The van der Waals surface area contributed by atoms with Crippen molar-refractivity contribution in [1.29, 1.82) is 0 Å². The van der Waals surface area contributed by atoms with Gasteiger partial charge in [0.15, 0.2) is 23.1 Å². The summed E-state index contributed by atoms with van der Waals surface area (Å²) in [6, 6.07) is 13.3. The second-order valence-electron chi connectivity index (χ2n) is 9.39. The predicted molar refractivity (Wildman–Crippen MR) is 128 cm³/mol. The van der Waals surface area contributed by atoms with E-state index in [2.05, 4.69) is 19.2 Å². The average molecular weight is 461 g/mol. The zero-order valence-electron chi connectivity index (χ0n) is 20.0. The highest BCUT2D eigenvalue weighted by Crippen LogP contribution is 2.46. The molecular weight excluding hydrogens is 432 g/mol. The van der Waals surface area contributed by atoms with Crippen LogP contribution in [0.25, 0.3) is 11.4 Å². The molecule has 0 spiro atoms. The number of nitrogens with zero attached hydrogens (tertiary/aromatic N) is 3. The van der Waals surface area contributed by atoms with E-state index in [-0.39, 0.29) is 17.2 Å². The summed E-state index contributed by atoms with van der Waals surface area (Å²) < 4.78 is 18.3. The van der Waals surface area contributed by atoms with Gasteiger partial charge in [-0.3, -0.25) is 4.79 Å². The van der Waals surface area contributed by atoms with Crippen LogP contribution in [0.4, 0.5) is 5.95 Å². The van der Waals surface area contributed by atoms with Crippen LogP contribution in [0.1, 0.15) is 38.3 Å². The lowest BCUT2D eigenvalue weighted by Gasteiger charge is -2.38. The van der Waals surface area contributed by atoms with E-state index in [1.807, 2.05) is 47.1 Å². The number of anilines is 1. The van der Waals surface area contributed by atoms with Gasteiger partial charge in [0.05, 0.1) is 21.3 Å². The summed E-state index contributed by atoms with van der Waals surface area (Å²) in [7, 11) is 4.72. The summed E-state index contributed by atoms with van der Waals surface area (Å²) in [4.78, 5) is 18.2. The van der Waals surface area contributed by atoms with Gasteiger partial charge in [0, 0.05) is 23.3 Å². The maximum absolute atomic E-state index is 13.3. The molecule has 0 unspecified atom stereocenters. The molecule has 176 valence electrons. The summed E-state index contributed by atoms with van der Waals surface area (Å²) in [5, 5.41) is 8.27. The third-order valence-electron chi connectivity index (χ3n) is 6.37. The summed E-state index contributed by atoms with van der Waals surface area (Å²) in [6.07, 6.45) is 1.27. The van der Waals surface area contributed by atoms with Crippen LogP contribution in [0.15, 0.2) is 53.7 Å². The minimum Gasteiger partial charge on any atom is -0.493 e. The molecule has 8 heteroatoms. The zero-order valence-corrected chi connectivity index (χ0v) is 20.0. The number of aromatic nitrogens is 3. The molecule has 5 rings (SSSR count). The maximum Gasteiger partial charge on any atom is 0.226 e. The quantitative estimate of drug-likeness (QED) is 0.594. The fourth-order valence-corrected chi connectivity index (χ4v) is 4.88. The molecule has 1 aromatic heterocycles. The van der Waals surface area contributed by atoms with Gasteiger partial charge >= 0.3 is 0 Å². The van der Waals surface area contributed by atoms with Crippen LogP contribution in [0, 0.1) is 5.41 Å². The van der Waals surface area contributed by atoms with E-state index < -0.39 is 0 Å². The molecule has 0 amide bonds. The van der Waals surface area contributed by atoms with Gasteiger partial charge in [0.2, 0.25) is 11.7 Å². The smallest absolute Gasteiger partial charge is 0.226 e. The molecule has 1 N–H and O–H groups in total. The van der Waals surface area contributed by atoms with Crippen LogP contribution in [0.2, 0.25) is 0 Å². The Hall–Kier alpha value is -3.81. The van der Waals surface area contributed by atoms with E-state index >= 15 is 0 Å². The summed E-state index contributed by atoms with van der Waals surface area (Å²) >= 11 is 0. The first kappa shape index (κ1) is 22.0. The Bertz CT molecular complexity index is 1270. The lowest BCUT2D eigenvalue weighted by molar-refractivity contribution is -0.118. The molecule has 8 nitrogen and oxygen atoms in total. The molecule has 1 aliphatic carbocycles. The zero-order chi connectivity index (χ0) is 24.0. The average Bonchev–Trinajstić information content (AvgIpc) is 3.25. The Balaban J connectivity index is 1.67. The van der Waals surface area contributed by atoms with E-state index in [1.165, 1.54) is 0 Å². The first-order valence-electron chi connectivity index (χ1n) is 11.2. The largest absolute Gasteiger partial charge is 0.493 e. The van der Waals surface area contributed by atoms with Crippen molar-refractivity contribution >= 4 is 11.7 Å². The lowest BCUT2D eigenvalue weighted by atomic mass is 9.73. The molecule has 2 aliphatic rings. The first-order valence-corrected chi connectivity index (χ1v) is 11.2. The molecule has 0 radical (unpaired) electrons. The molecule has 3 aromatic rings. The molecule has 1 aliphatic heterocycles. The lowest BCUT2D eigenvalue weighted by Crippen LogP contribution is -2.36. The molecule has 1 atom stereocenters. The van der Waals surface area contributed by atoms with Crippen LogP contribution >= 0.6 is 0 Å². The number of carbonyl (C=O) groups is 1. The standard InChI is InChI=1S/C26H28N4O4/c1-26(2)13-17-21(18(31)14-26)22(15-9-7-6-8-10-15)30-25(27-17)28-24(29-30)16-11-19(32-3)23(34-5)20(12-16)33-4/h6-12,22H,13-14H2,1-5H3,(H,27,28,29)/t22-/m1/s1. The molecule has 0 bridgehead atoms. The van der Waals surface area contributed by atoms with Gasteiger partial charge in [-0.05, 0) is 29.5 Å². The predicted octanol–water partition coefficient (Wildman–Crippen LogP) is 4.63. The topological polar surface area (TPSA) is 87.5 Å². The van der Waals surface area contributed by atoms with E-state index in [9.17, 15) is 4.79 Å². The van der Waals surface area contributed by atoms with Gasteiger partial charge in [-0.1, -0.05) is 44.2 Å². The number of allylic oxidation sites excluding steroid dienone is 2. The highest BCUT2D eigenvalue weighted by molar-refractivity contribution is 6.00. The van der Waals surface area contributed by atoms with Crippen LogP contribution in [0.5, 0.6) is 17.2 Å². The van der Waals surface area contributed by atoms with E-state index in [0.29, 0.717) is 35.4 Å². The third kappa shape index (κ3) is 3.59. The van der Waals surface area contributed by atoms with Gasteiger partial charge in [0.1, 0.15) is 6.04 Å². The fraction of sp³-hybridized carbons (Fsp3) is 0.346. The fourth-order valence-electron chi connectivity index (χ4n) is 4.88. The van der Waals surface area contributed by atoms with E-state index in [1.54, 1.807) is 21.3 Å². The molecule has 0 fully saturated rings. The highest BCUT2D eigenvalue weighted by Gasteiger charge is 2.41. The molecule has 0 saturated carbocycles.